The van der Waals surface area contributed by atoms with Crippen molar-refractivity contribution in [3.63, 3.8) is 0 Å². The minimum atomic E-state index is -0.858. The minimum Gasteiger partial charge on any atom is -0.481 e. The molecule has 4 rings (SSSR count). The van der Waals surface area contributed by atoms with E-state index in [4.69, 9.17) is 9.84 Å². The number of aliphatic carboxylic acids is 1. The van der Waals surface area contributed by atoms with Gasteiger partial charge in [0, 0.05) is 12.5 Å². The first-order valence-corrected chi connectivity index (χ1v) is 11.0. The summed E-state index contributed by atoms with van der Waals surface area (Å²) in [5, 5.41) is 14.5. The van der Waals surface area contributed by atoms with Gasteiger partial charge in [-0.3, -0.25) is 9.59 Å². The van der Waals surface area contributed by atoms with Crippen molar-refractivity contribution in [2.45, 2.75) is 44.6 Å². The topological polar surface area (TPSA) is 105 Å². The van der Waals surface area contributed by atoms with Gasteiger partial charge >= 0.3 is 12.1 Å². The molecule has 0 bridgehead atoms. The Morgan fingerprint density at radius 2 is 1.66 bits per heavy atom. The fraction of sp³-hybridized carbons (Fsp3) is 0.400. The third-order valence-corrected chi connectivity index (χ3v) is 6.65. The minimum absolute atomic E-state index is 0.0431. The van der Waals surface area contributed by atoms with Gasteiger partial charge in [-0.05, 0) is 47.4 Å². The first-order valence-electron chi connectivity index (χ1n) is 11.0. The number of carboxylic acids is 1. The van der Waals surface area contributed by atoms with Crippen molar-refractivity contribution < 1.29 is 24.2 Å². The van der Waals surface area contributed by atoms with Gasteiger partial charge < -0.3 is 20.5 Å². The predicted octanol–water partition coefficient (Wildman–Crippen LogP) is 3.67. The molecule has 168 valence electrons. The van der Waals surface area contributed by atoms with E-state index in [-0.39, 0.29) is 30.3 Å². The van der Waals surface area contributed by atoms with E-state index in [0.717, 1.165) is 41.5 Å². The monoisotopic (exact) mass is 436 g/mol. The highest BCUT2D eigenvalue weighted by molar-refractivity contribution is 5.85. The SMILES string of the molecule is CC(NC(=O)OCC1c2ccccc2-c2ccccc21)C(=O)NCC1(CC(=O)O)CCC1. The molecule has 0 aromatic heterocycles. The maximum Gasteiger partial charge on any atom is 0.407 e. The molecule has 1 saturated carbocycles. The molecule has 1 fully saturated rings. The number of carbonyl (C=O) groups is 3. The molecular weight excluding hydrogens is 408 g/mol. The predicted molar refractivity (Wildman–Crippen MR) is 119 cm³/mol. The van der Waals surface area contributed by atoms with Crippen LogP contribution >= 0.6 is 0 Å². The van der Waals surface area contributed by atoms with Crippen molar-refractivity contribution in [1.29, 1.82) is 0 Å². The Morgan fingerprint density at radius 3 is 2.19 bits per heavy atom. The van der Waals surface area contributed by atoms with E-state index >= 15 is 0 Å². The van der Waals surface area contributed by atoms with Crippen LogP contribution in [0.15, 0.2) is 48.5 Å². The highest BCUT2D eigenvalue weighted by Crippen LogP contribution is 2.45. The van der Waals surface area contributed by atoms with Gasteiger partial charge in [0.1, 0.15) is 12.6 Å². The third-order valence-electron chi connectivity index (χ3n) is 6.65. The van der Waals surface area contributed by atoms with Crippen LogP contribution in [-0.2, 0) is 14.3 Å². The number of fused-ring (bicyclic) bond motifs is 3. The Morgan fingerprint density at radius 1 is 1.06 bits per heavy atom. The van der Waals surface area contributed by atoms with Gasteiger partial charge in [0.05, 0.1) is 6.42 Å². The molecular formula is C25H28N2O5. The number of rotatable bonds is 8. The first kappa shape index (κ1) is 21.9. The lowest BCUT2D eigenvalue weighted by atomic mass is 9.66. The lowest BCUT2D eigenvalue weighted by Crippen LogP contribution is -2.50. The Labute approximate surface area is 187 Å². The second-order valence-corrected chi connectivity index (χ2v) is 8.83. The molecule has 2 aliphatic rings. The van der Waals surface area contributed by atoms with Crippen LogP contribution in [0.1, 0.15) is 49.7 Å². The van der Waals surface area contributed by atoms with Gasteiger partial charge in [0.15, 0.2) is 0 Å². The van der Waals surface area contributed by atoms with Crippen LogP contribution in [0, 0.1) is 5.41 Å². The van der Waals surface area contributed by atoms with Crippen molar-refractivity contribution in [3.8, 4) is 11.1 Å². The van der Waals surface area contributed by atoms with Crippen LogP contribution in [-0.4, -0.2) is 42.3 Å². The van der Waals surface area contributed by atoms with Crippen molar-refractivity contribution in [1.82, 2.24) is 10.6 Å². The van der Waals surface area contributed by atoms with Crippen LogP contribution in [0.5, 0.6) is 0 Å². The van der Waals surface area contributed by atoms with Crippen molar-refractivity contribution in [2.24, 2.45) is 5.41 Å². The van der Waals surface area contributed by atoms with Crippen LogP contribution in [0.25, 0.3) is 11.1 Å². The molecule has 2 aromatic carbocycles. The van der Waals surface area contributed by atoms with Crippen LogP contribution in [0.4, 0.5) is 4.79 Å². The molecule has 0 heterocycles. The van der Waals surface area contributed by atoms with Crippen LogP contribution in [0.3, 0.4) is 0 Å². The summed E-state index contributed by atoms with van der Waals surface area (Å²) in [5.41, 5.74) is 4.17. The molecule has 0 aliphatic heterocycles. The summed E-state index contributed by atoms with van der Waals surface area (Å²) < 4.78 is 5.48. The third kappa shape index (κ3) is 4.47. The molecule has 2 aliphatic carbocycles. The summed E-state index contributed by atoms with van der Waals surface area (Å²) >= 11 is 0. The molecule has 7 nitrogen and oxygen atoms in total. The smallest absolute Gasteiger partial charge is 0.407 e. The first-order chi connectivity index (χ1) is 15.4. The number of hydrogen-bond acceptors (Lipinski definition) is 4. The Balaban J connectivity index is 1.30. The summed E-state index contributed by atoms with van der Waals surface area (Å²) in [4.78, 5) is 35.9. The number of carboxylic acid groups (broad SMARTS) is 1. The van der Waals surface area contributed by atoms with Gasteiger partial charge in [-0.1, -0.05) is 55.0 Å². The maximum absolute atomic E-state index is 12.4. The molecule has 0 spiro atoms. The Kier molecular flexibility index (Phi) is 6.17. The average Bonchev–Trinajstić information content (AvgIpc) is 3.07. The van der Waals surface area contributed by atoms with Crippen LogP contribution in [0.2, 0.25) is 0 Å². The number of hydrogen-bond donors (Lipinski definition) is 3. The summed E-state index contributed by atoms with van der Waals surface area (Å²) in [6.45, 7) is 2.06. The zero-order valence-electron chi connectivity index (χ0n) is 18.1. The van der Waals surface area contributed by atoms with E-state index in [1.807, 2.05) is 36.4 Å². The van der Waals surface area contributed by atoms with E-state index in [1.165, 1.54) is 0 Å². The Hall–Kier alpha value is -3.35. The number of benzene rings is 2. The second kappa shape index (κ2) is 9.02. The molecule has 32 heavy (non-hydrogen) atoms. The number of nitrogens with one attached hydrogen (secondary N) is 2. The fourth-order valence-electron chi connectivity index (χ4n) is 4.72. The summed E-state index contributed by atoms with van der Waals surface area (Å²) in [7, 11) is 0. The number of ether oxygens (including phenoxy) is 1. The van der Waals surface area contributed by atoms with E-state index in [9.17, 15) is 14.4 Å². The molecule has 1 unspecified atom stereocenters. The Bertz CT molecular complexity index is 985. The highest BCUT2D eigenvalue weighted by Gasteiger charge is 2.39. The zero-order chi connectivity index (χ0) is 22.7. The molecule has 3 N–H and O–H groups in total. The molecule has 0 saturated heterocycles. The standard InChI is InChI=1S/C25H28N2O5/c1-16(23(30)26-15-25(11-6-12-25)13-22(28)29)27-24(31)32-14-21-19-9-4-2-7-17(19)18-8-3-5-10-20(18)21/h2-5,7-10,16,21H,6,11-15H2,1H3,(H,26,30)(H,27,31)(H,28,29). The summed E-state index contributed by atoms with van der Waals surface area (Å²) in [6.07, 6.45) is 1.93. The molecule has 2 amide bonds. The normalized spacial score (nSPS) is 16.8. The van der Waals surface area contributed by atoms with Crippen molar-refractivity contribution >= 4 is 18.0 Å². The lowest BCUT2D eigenvalue weighted by Gasteiger charge is -2.41. The lowest BCUT2D eigenvalue weighted by molar-refractivity contribution is -0.142. The van der Waals surface area contributed by atoms with E-state index in [1.54, 1.807) is 6.92 Å². The number of amides is 2. The van der Waals surface area contributed by atoms with Gasteiger partial charge in [-0.25, -0.2) is 4.79 Å². The largest absolute Gasteiger partial charge is 0.481 e. The molecule has 0 radical (unpaired) electrons. The maximum atomic E-state index is 12.4. The fourth-order valence-corrected chi connectivity index (χ4v) is 4.72. The van der Waals surface area contributed by atoms with E-state index in [2.05, 4.69) is 22.8 Å². The highest BCUT2D eigenvalue weighted by atomic mass is 16.5. The zero-order valence-corrected chi connectivity index (χ0v) is 18.1. The second-order valence-electron chi connectivity index (χ2n) is 8.83. The average molecular weight is 437 g/mol. The van der Waals surface area contributed by atoms with Crippen LogP contribution < -0.4 is 10.6 Å². The summed E-state index contributed by atoms with van der Waals surface area (Å²) in [5.74, 6) is -1.26. The van der Waals surface area contributed by atoms with E-state index < -0.39 is 18.1 Å². The molecule has 2 aromatic rings. The van der Waals surface area contributed by atoms with Gasteiger partial charge in [-0.2, -0.15) is 0 Å². The van der Waals surface area contributed by atoms with Crippen molar-refractivity contribution in [2.75, 3.05) is 13.2 Å². The summed E-state index contributed by atoms with van der Waals surface area (Å²) in [6, 6.07) is 15.4. The van der Waals surface area contributed by atoms with Crippen molar-refractivity contribution in [3.05, 3.63) is 59.7 Å². The van der Waals surface area contributed by atoms with E-state index in [0.29, 0.717) is 6.54 Å². The molecule has 1 atom stereocenters. The molecule has 7 heteroatoms. The quantitative estimate of drug-likeness (QED) is 0.586. The van der Waals surface area contributed by atoms with Gasteiger partial charge in [0.25, 0.3) is 0 Å². The van der Waals surface area contributed by atoms with Gasteiger partial charge in [0.2, 0.25) is 5.91 Å². The number of carbonyl (C=O) groups excluding carboxylic acids is 2. The van der Waals surface area contributed by atoms with Gasteiger partial charge in [-0.15, -0.1) is 0 Å². The number of alkyl carbamates (subject to hydrolysis) is 1.